The van der Waals surface area contributed by atoms with Crippen molar-refractivity contribution in [1.82, 2.24) is 9.21 Å². The zero-order chi connectivity index (χ0) is 19.1. The average Bonchev–Trinajstić information content (AvgIpc) is 3.50. The Hall–Kier alpha value is -1.89. The van der Waals surface area contributed by atoms with Gasteiger partial charge in [0, 0.05) is 31.2 Å². The molecule has 0 N–H and O–H groups in total. The molecule has 1 aliphatic heterocycles. The van der Waals surface area contributed by atoms with E-state index in [1.165, 1.54) is 10.4 Å². The van der Waals surface area contributed by atoms with E-state index in [0.29, 0.717) is 31.2 Å². The van der Waals surface area contributed by atoms with Crippen molar-refractivity contribution >= 4 is 27.5 Å². The molecule has 0 atom stereocenters. The van der Waals surface area contributed by atoms with Gasteiger partial charge in [-0.2, -0.15) is 4.31 Å². The highest BCUT2D eigenvalue weighted by molar-refractivity contribution is 7.89. The standard InChI is InChI=1S/C20H21ClN2O3S/c21-17-7-4-8-18(15-17)27(25,26)23-13-11-22(12-14-23)19(24)20(9-10-20)16-5-2-1-3-6-16/h1-8,15H,9-14H2. The molecule has 7 heteroatoms. The summed E-state index contributed by atoms with van der Waals surface area (Å²) in [5, 5.41) is 0.392. The number of hydrogen-bond acceptors (Lipinski definition) is 3. The number of nitrogens with zero attached hydrogens (tertiary/aromatic N) is 2. The average molecular weight is 405 g/mol. The molecule has 2 fully saturated rings. The first-order valence-electron chi connectivity index (χ1n) is 9.04. The lowest BCUT2D eigenvalue weighted by Crippen LogP contribution is -2.52. The molecule has 2 aromatic carbocycles. The van der Waals surface area contributed by atoms with Gasteiger partial charge in [0.25, 0.3) is 0 Å². The Morgan fingerprint density at radius 2 is 1.59 bits per heavy atom. The summed E-state index contributed by atoms with van der Waals surface area (Å²) in [6.07, 6.45) is 1.72. The van der Waals surface area contributed by atoms with E-state index in [-0.39, 0.29) is 10.8 Å². The number of sulfonamides is 1. The first kappa shape index (κ1) is 18.5. The maximum Gasteiger partial charge on any atom is 0.243 e. The van der Waals surface area contributed by atoms with Crippen molar-refractivity contribution in [1.29, 1.82) is 0 Å². The van der Waals surface area contributed by atoms with E-state index in [1.807, 2.05) is 35.2 Å². The molecule has 0 spiro atoms. The Morgan fingerprint density at radius 1 is 0.926 bits per heavy atom. The molecule has 1 aliphatic carbocycles. The smallest absolute Gasteiger partial charge is 0.243 e. The second-order valence-electron chi connectivity index (χ2n) is 7.10. The van der Waals surface area contributed by atoms with Crippen LogP contribution in [0, 0.1) is 0 Å². The van der Waals surface area contributed by atoms with E-state index in [2.05, 4.69) is 0 Å². The summed E-state index contributed by atoms with van der Waals surface area (Å²) in [5.41, 5.74) is 0.652. The number of amides is 1. The van der Waals surface area contributed by atoms with Crippen molar-refractivity contribution in [3.63, 3.8) is 0 Å². The van der Waals surface area contributed by atoms with Crippen molar-refractivity contribution in [3.8, 4) is 0 Å². The second kappa shape index (κ2) is 6.93. The van der Waals surface area contributed by atoms with Gasteiger partial charge in [-0.1, -0.05) is 48.0 Å². The third-order valence-electron chi connectivity index (χ3n) is 5.45. The molecule has 0 unspecified atom stereocenters. The van der Waals surface area contributed by atoms with E-state index in [4.69, 9.17) is 11.6 Å². The molecule has 4 rings (SSSR count). The highest BCUT2D eigenvalue weighted by atomic mass is 35.5. The Morgan fingerprint density at radius 3 is 2.19 bits per heavy atom. The lowest BCUT2D eigenvalue weighted by Gasteiger charge is -2.36. The maximum atomic E-state index is 13.1. The van der Waals surface area contributed by atoms with Crippen LogP contribution in [0.25, 0.3) is 0 Å². The van der Waals surface area contributed by atoms with Crippen LogP contribution in [0.2, 0.25) is 5.02 Å². The fourth-order valence-electron chi connectivity index (χ4n) is 3.72. The molecule has 1 heterocycles. The lowest BCUT2D eigenvalue weighted by atomic mass is 9.94. The summed E-state index contributed by atoms with van der Waals surface area (Å²) < 4.78 is 27.1. The fourth-order valence-corrected chi connectivity index (χ4v) is 5.44. The summed E-state index contributed by atoms with van der Waals surface area (Å²) in [6, 6.07) is 16.2. The number of carbonyl (C=O) groups is 1. The van der Waals surface area contributed by atoms with Crippen LogP contribution >= 0.6 is 11.6 Å². The third kappa shape index (κ3) is 3.37. The Kier molecular flexibility index (Phi) is 4.74. The van der Waals surface area contributed by atoms with Gasteiger partial charge in [0.1, 0.15) is 0 Å². The monoisotopic (exact) mass is 404 g/mol. The molecule has 1 saturated carbocycles. The third-order valence-corrected chi connectivity index (χ3v) is 7.58. The van der Waals surface area contributed by atoms with Crippen LogP contribution in [-0.2, 0) is 20.2 Å². The van der Waals surface area contributed by atoms with Crippen molar-refractivity contribution in [2.24, 2.45) is 0 Å². The van der Waals surface area contributed by atoms with Crippen molar-refractivity contribution in [3.05, 3.63) is 65.2 Å². The fraction of sp³-hybridized carbons (Fsp3) is 0.350. The van der Waals surface area contributed by atoms with Gasteiger partial charge in [-0.05, 0) is 36.6 Å². The molecule has 2 aromatic rings. The number of piperazine rings is 1. The van der Waals surface area contributed by atoms with E-state index in [0.717, 1.165) is 18.4 Å². The van der Waals surface area contributed by atoms with Crippen molar-refractivity contribution in [2.75, 3.05) is 26.2 Å². The minimum absolute atomic E-state index is 0.119. The van der Waals surface area contributed by atoms with Gasteiger partial charge in [-0.15, -0.1) is 0 Å². The largest absolute Gasteiger partial charge is 0.339 e. The Balaban J connectivity index is 1.46. The number of rotatable bonds is 4. The molecule has 142 valence electrons. The summed E-state index contributed by atoms with van der Waals surface area (Å²) >= 11 is 5.93. The molecular weight excluding hydrogens is 384 g/mol. The summed E-state index contributed by atoms with van der Waals surface area (Å²) in [7, 11) is -3.59. The lowest BCUT2D eigenvalue weighted by molar-refractivity contribution is -0.135. The molecule has 0 aromatic heterocycles. The SMILES string of the molecule is O=C(N1CCN(S(=O)(=O)c2cccc(Cl)c2)CC1)C1(c2ccccc2)CC1. The van der Waals surface area contributed by atoms with Crippen LogP contribution in [0.5, 0.6) is 0 Å². The Labute approximate surface area is 164 Å². The number of hydrogen-bond donors (Lipinski definition) is 0. The summed E-state index contributed by atoms with van der Waals surface area (Å²) in [4.78, 5) is 15.1. The van der Waals surface area contributed by atoms with Gasteiger partial charge < -0.3 is 4.90 Å². The van der Waals surface area contributed by atoms with Crippen LogP contribution in [0.4, 0.5) is 0 Å². The van der Waals surface area contributed by atoms with E-state index in [1.54, 1.807) is 18.2 Å². The number of halogens is 1. The van der Waals surface area contributed by atoms with E-state index >= 15 is 0 Å². The van der Waals surface area contributed by atoms with Gasteiger partial charge in [0.05, 0.1) is 10.3 Å². The molecule has 5 nitrogen and oxygen atoms in total. The van der Waals surface area contributed by atoms with Crippen LogP contribution in [0.1, 0.15) is 18.4 Å². The first-order valence-corrected chi connectivity index (χ1v) is 10.9. The molecule has 0 radical (unpaired) electrons. The zero-order valence-electron chi connectivity index (χ0n) is 14.8. The molecule has 1 saturated heterocycles. The normalized spacial score (nSPS) is 19.7. The highest BCUT2D eigenvalue weighted by Crippen LogP contribution is 2.49. The van der Waals surface area contributed by atoms with E-state index in [9.17, 15) is 13.2 Å². The zero-order valence-corrected chi connectivity index (χ0v) is 16.4. The van der Waals surface area contributed by atoms with Gasteiger partial charge in [-0.25, -0.2) is 8.42 Å². The van der Waals surface area contributed by atoms with Gasteiger partial charge in [0.2, 0.25) is 15.9 Å². The molecular formula is C20H21ClN2O3S. The molecule has 0 bridgehead atoms. The molecule has 27 heavy (non-hydrogen) atoms. The van der Waals surface area contributed by atoms with Crippen LogP contribution in [0.3, 0.4) is 0 Å². The topological polar surface area (TPSA) is 57.7 Å². The number of carbonyl (C=O) groups excluding carboxylic acids is 1. The Bertz CT molecular complexity index is 950. The van der Waals surface area contributed by atoms with Crippen molar-refractivity contribution < 1.29 is 13.2 Å². The summed E-state index contributed by atoms with van der Waals surface area (Å²) in [5.74, 6) is 0.119. The van der Waals surface area contributed by atoms with Crippen LogP contribution < -0.4 is 0 Å². The molecule has 1 amide bonds. The van der Waals surface area contributed by atoms with Crippen LogP contribution in [-0.4, -0.2) is 49.7 Å². The highest BCUT2D eigenvalue weighted by Gasteiger charge is 2.53. The van der Waals surface area contributed by atoms with Gasteiger partial charge >= 0.3 is 0 Å². The minimum Gasteiger partial charge on any atom is -0.339 e. The van der Waals surface area contributed by atoms with Gasteiger partial charge in [0.15, 0.2) is 0 Å². The van der Waals surface area contributed by atoms with Crippen LogP contribution in [0.15, 0.2) is 59.5 Å². The minimum atomic E-state index is -3.59. The predicted octanol–water partition coefficient (Wildman–Crippen LogP) is 2.90. The maximum absolute atomic E-state index is 13.1. The predicted molar refractivity (Wildman–Crippen MR) is 104 cm³/mol. The number of benzene rings is 2. The second-order valence-corrected chi connectivity index (χ2v) is 9.48. The van der Waals surface area contributed by atoms with E-state index < -0.39 is 15.4 Å². The van der Waals surface area contributed by atoms with Gasteiger partial charge in [-0.3, -0.25) is 4.79 Å². The molecule has 2 aliphatic rings. The first-order chi connectivity index (χ1) is 12.9. The van der Waals surface area contributed by atoms with Crippen molar-refractivity contribution in [2.45, 2.75) is 23.2 Å². The summed E-state index contributed by atoms with van der Waals surface area (Å²) in [6.45, 7) is 1.41. The quantitative estimate of drug-likeness (QED) is 0.787.